The van der Waals surface area contributed by atoms with Crippen LogP contribution >= 0.6 is 0 Å². The molecule has 56 heavy (non-hydrogen) atoms. The number of hydrogen-bond donors (Lipinski definition) is 1. The maximum Gasteiger partial charge on any atom is 0.306 e. The van der Waals surface area contributed by atoms with E-state index in [0.717, 1.165) is 12.0 Å². The predicted octanol–water partition coefficient (Wildman–Crippen LogP) is 2.25. The maximum atomic E-state index is 12.2. The lowest BCUT2D eigenvalue weighted by Gasteiger charge is -2.15. The largest absolute Gasteiger partial charge is 0.487 e. The number of ether oxygens (including phenoxy) is 15. The molecule has 326 valence electrons. The molecule has 0 aromatic heterocycles. The van der Waals surface area contributed by atoms with Crippen LogP contribution in [0.25, 0.3) is 0 Å². The van der Waals surface area contributed by atoms with Crippen molar-refractivity contribution in [3.05, 3.63) is 23.8 Å². The van der Waals surface area contributed by atoms with Crippen molar-refractivity contribution in [1.82, 2.24) is 0 Å². The van der Waals surface area contributed by atoms with Crippen LogP contribution in [0.4, 0.5) is 0 Å². The number of esters is 1. The fraction of sp³-hybridized carbons (Fsp3) is 0.821. The third-order valence-corrected chi connectivity index (χ3v) is 7.51. The molecule has 2 rings (SSSR count). The predicted molar refractivity (Wildman–Crippen MR) is 203 cm³/mol. The van der Waals surface area contributed by atoms with Crippen molar-refractivity contribution in [2.45, 2.75) is 32.3 Å². The molecule has 1 aromatic rings. The van der Waals surface area contributed by atoms with Gasteiger partial charge >= 0.3 is 5.97 Å². The lowest BCUT2D eigenvalue weighted by atomic mass is 10.2. The molecule has 0 aliphatic carbocycles. The van der Waals surface area contributed by atoms with Crippen LogP contribution < -0.4 is 9.47 Å². The van der Waals surface area contributed by atoms with Crippen molar-refractivity contribution in [3.63, 3.8) is 0 Å². The molecule has 1 aromatic carbocycles. The summed E-state index contributed by atoms with van der Waals surface area (Å²) in [4.78, 5) is 12.2. The number of benzene rings is 1. The quantitative estimate of drug-likeness (QED) is 0.313. The Bertz CT molecular complexity index is 1000. The monoisotopic (exact) mass is 808 g/mol. The molecular formula is C39H68O17. The first-order valence-electron chi connectivity index (χ1n) is 19.9. The van der Waals surface area contributed by atoms with E-state index in [4.69, 9.17) is 76.2 Å². The zero-order chi connectivity index (χ0) is 39.7. The molecule has 1 aliphatic heterocycles. The molecule has 17 nitrogen and oxygen atoms in total. The third kappa shape index (κ3) is 31.8. The van der Waals surface area contributed by atoms with Gasteiger partial charge in [0.2, 0.25) is 0 Å². The fourth-order valence-corrected chi connectivity index (χ4v) is 4.61. The Balaban J connectivity index is 1.70. The second-order valence-corrected chi connectivity index (χ2v) is 12.0. The maximum absolute atomic E-state index is 12.2. The van der Waals surface area contributed by atoms with Crippen LogP contribution in [0.5, 0.6) is 11.5 Å². The first-order chi connectivity index (χ1) is 27.8. The van der Waals surface area contributed by atoms with Crippen molar-refractivity contribution in [3.8, 4) is 11.5 Å². The van der Waals surface area contributed by atoms with E-state index in [1.54, 1.807) is 12.1 Å². The first kappa shape index (κ1) is 49.9. The van der Waals surface area contributed by atoms with E-state index < -0.39 is 0 Å². The van der Waals surface area contributed by atoms with Gasteiger partial charge in [0.1, 0.15) is 19.8 Å². The van der Waals surface area contributed by atoms with Crippen molar-refractivity contribution in [1.29, 1.82) is 0 Å². The summed E-state index contributed by atoms with van der Waals surface area (Å²) in [5.41, 5.74) is 0.765. The standard InChI is InChI=1S/C39H68O17/c40-7-3-1-2-4-39(41)56-35-36-5-6-37-38(34-36)55-33-31-53-29-27-51-25-23-49-21-19-47-17-15-45-13-11-43-9-8-42-10-12-44-14-16-46-18-20-48-22-24-50-26-28-52-30-32-54-37/h5-6,34,40H,1-4,7-33,35H2. The van der Waals surface area contributed by atoms with E-state index in [1.165, 1.54) is 0 Å². The second kappa shape index (κ2) is 39.6. The molecule has 0 bridgehead atoms. The molecule has 0 unspecified atom stereocenters. The van der Waals surface area contributed by atoms with Gasteiger partial charge in [-0.1, -0.05) is 12.5 Å². The second-order valence-electron chi connectivity index (χ2n) is 12.0. The molecule has 0 saturated heterocycles. The molecule has 0 amide bonds. The molecule has 1 heterocycles. The topological polar surface area (TPSA) is 176 Å². The number of carbonyl (C=O) groups excluding carboxylic acids is 1. The van der Waals surface area contributed by atoms with Gasteiger partial charge in [-0.2, -0.15) is 0 Å². The Labute approximate surface area is 332 Å². The minimum atomic E-state index is -0.283. The molecule has 1 aliphatic rings. The van der Waals surface area contributed by atoms with Crippen LogP contribution in [0.15, 0.2) is 18.2 Å². The van der Waals surface area contributed by atoms with Crippen LogP contribution in [-0.2, 0) is 73.0 Å². The van der Waals surface area contributed by atoms with Crippen LogP contribution in [0.2, 0.25) is 0 Å². The summed E-state index contributed by atoms with van der Waals surface area (Å²) in [5, 5.41) is 8.92. The van der Waals surface area contributed by atoms with Gasteiger partial charge in [0.15, 0.2) is 11.5 Å². The lowest BCUT2D eigenvalue weighted by molar-refractivity contribution is -0.145. The summed E-state index contributed by atoms with van der Waals surface area (Å²) < 4.78 is 83.9. The molecule has 0 fully saturated rings. The Morgan fingerprint density at radius 1 is 0.429 bits per heavy atom. The molecule has 17 heteroatoms. The summed E-state index contributed by atoms with van der Waals surface area (Å²) in [7, 11) is 0. The number of carbonyl (C=O) groups is 1. The summed E-state index contributed by atoms with van der Waals surface area (Å²) in [6.45, 7) is 11.8. The molecule has 0 saturated carbocycles. The normalized spacial score (nSPS) is 20.1. The SMILES string of the molecule is O=C(CCCCCO)OCc1ccc2c(c1)OCCOCCOCCOCCOCCOCCOCCOCCOCCOCCOCCOCCOCCO2. The van der Waals surface area contributed by atoms with Gasteiger partial charge in [0, 0.05) is 13.0 Å². The number of aliphatic hydroxyl groups excluding tert-OH is 1. The summed E-state index contributed by atoms with van der Waals surface area (Å²) >= 11 is 0. The van der Waals surface area contributed by atoms with Crippen LogP contribution in [0.1, 0.15) is 31.2 Å². The Morgan fingerprint density at radius 3 is 1.09 bits per heavy atom. The highest BCUT2D eigenvalue weighted by Crippen LogP contribution is 2.29. The van der Waals surface area contributed by atoms with Gasteiger partial charge in [-0.3, -0.25) is 4.79 Å². The van der Waals surface area contributed by atoms with Crippen molar-refractivity contribution >= 4 is 5.97 Å². The number of hydrogen-bond acceptors (Lipinski definition) is 17. The summed E-state index contributed by atoms with van der Waals surface area (Å²) in [6, 6.07) is 5.41. The molecule has 0 atom stereocenters. The van der Waals surface area contributed by atoms with Gasteiger partial charge in [-0.15, -0.1) is 0 Å². The van der Waals surface area contributed by atoms with E-state index in [9.17, 15) is 4.79 Å². The van der Waals surface area contributed by atoms with E-state index in [1.807, 2.05) is 6.07 Å². The molecule has 0 spiro atoms. The number of unbranched alkanes of at least 4 members (excludes halogenated alkanes) is 2. The van der Waals surface area contributed by atoms with Crippen molar-refractivity contribution in [2.24, 2.45) is 0 Å². The average molecular weight is 809 g/mol. The van der Waals surface area contributed by atoms with Gasteiger partial charge in [-0.05, 0) is 30.5 Å². The van der Waals surface area contributed by atoms with E-state index in [2.05, 4.69) is 0 Å². The third-order valence-electron chi connectivity index (χ3n) is 7.51. The minimum absolute atomic E-state index is 0.110. The van der Waals surface area contributed by atoms with Crippen LogP contribution in [0.3, 0.4) is 0 Å². The highest BCUT2D eigenvalue weighted by atomic mass is 16.6. The van der Waals surface area contributed by atoms with Crippen molar-refractivity contribution < 1.29 is 81.0 Å². The van der Waals surface area contributed by atoms with Crippen LogP contribution in [0, 0.1) is 0 Å². The molecular weight excluding hydrogens is 740 g/mol. The zero-order valence-corrected chi connectivity index (χ0v) is 33.3. The summed E-state index contributed by atoms with van der Waals surface area (Å²) in [5.74, 6) is 0.761. The molecule has 1 N–H and O–H groups in total. The van der Waals surface area contributed by atoms with Gasteiger partial charge in [0.05, 0.1) is 159 Å². The highest BCUT2D eigenvalue weighted by Gasteiger charge is 2.10. The Hall–Kier alpha value is -2.23. The minimum Gasteiger partial charge on any atom is -0.487 e. The lowest BCUT2D eigenvalue weighted by Crippen LogP contribution is -2.16. The smallest absolute Gasteiger partial charge is 0.306 e. The van der Waals surface area contributed by atoms with Crippen molar-refractivity contribution in [2.75, 3.05) is 178 Å². The Kier molecular flexibility index (Phi) is 35.3. The van der Waals surface area contributed by atoms with Gasteiger partial charge < -0.3 is 76.2 Å². The number of aliphatic hydroxyl groups is 1. The number of rotatable bonds is 7. The Morgan fingerprint density at radius 2 is 0.750 bits per heavy atom. The average Bonchev–Trinajstić information content (AvgIpc) is 3.21. The fourth-order valence-electron chi connectivity index (χ4n) is 4.61. The van der Waals surface area contributed by atoms with Crippen LogP contribution in [-0.4, -0.2) is 189 Å². The molecule has 0 radical (unpaired) electrons. The van der Waals surface area contributed by atoms with E-state index in [-0.39, 0.29) is 25.8 Å². The summed E-state index contributed by atoms with van der Waals surface area (Å²) in [6.07, 6.45) is 2.43. The highest BCUT2D eigenvalue weighted by molar-refractivity contribution is 5.69. The van der Waals surface area contributed by atoms with E-state index >= 15 is 0 Å². The first-order valence-corrected chi connectivity index (χ1v) is 19.9. The van der Waals surface area contributed by atoms with Gasteiger partial charge in [-0.25, -0.2) is 0 Å². The van der Waals surface area contributed by atoms with E-state index in [0.29, 0.717) is 196 Å². The van der Waals surface area contributed by atoms with Gasteiger partial charge in [0.25, 0.3) is 0 Å². The zero-order valence-electron chi connectivity index (χ0n) is 33.3. The number of fused-ring (bicyclic) bond motifs is 1.